The highest BCUT2D eigenvalue weighted by atomic mass is 15.3. The van der Waals surface area contributed by atoms with Crippen LogP contribution in [-0.2, 0) is 0 Å². The van der Waals surface area contributed by atoms with E-state index in [-0.39, 0.29) is 0 Å². The van der Waals surface area contributed by atoms with Crippen LogP contribution in [0.1, 0.15) is 33.1 Å². The fourth-order valence-electron chi connectivity index (χ4n) is 4.00. The fraction of sp³-hybridized carbons (Fsp3) is 1.00. The van der Waals surface area contributed by atoms with Crippen molar-refractivity contribution in [3.63, 3.8) is 0 Å². The fourth-order valence-corrected chi connectivity index (χ4v) is 4.00. The van der Waals surface area contributed by atoms with Crippen molar-refractivity contribution in [1.29, 1.82) is 0 Å². The molecule has 1 N–H and O–H groups in total. The van der Waals surface area contributed by atoms with Crippen molar-refractivity contribution in [3.05, 3.63) is 0 Å². The van der Waals surface area contributed by atoms with Gasteiger partial charge in [0.2, 0.25) is 0 Å². The Labute approximate surface area is 112 Å². The van der Waals surface area contributed by atoms with Gasteiger partial charge in [0.15, 0.2) is 0 Å². The lowest BCUT2D eigenvalue weighted by atomic mass is 9.92. The summed E-state index contributed by atoms with van der Waals surface area (Å²) >= 11 is 0. The van der Waals surface area contributed by atoms with E-state index in [2.05, 4.69) is 29.0 Å². The summed E-state index contributed by atoms with van der Waals surface area (Å²) < 4.78 is 0. The number of nitrogens with one attached hydrogen (secondary N) is 1. The summed E-state index contributed by atoms with van der Waals surface area (Å²) in [5.41, 5.74) is 0.764. The van der Waals surface area contributed by atoms with Crippen molar-refractivity contribution in [3.8, 4) is 0 Å². The highest BCUT2D eigenvalue weighted by Gasteiger charge is 2.53. The van der Waals surface area contributed by atoms with Crippen LogP contribution in [0, 0.1) is 11.3 Å². The van der Waals surface area contributed by atoms with Gasteiger partial charge in [-0.25, -0.2) is 0 Å². The molecule has 3 nitrogen and oxygen atoms in total. The van der Waals surface area contributed by atoms with Crippen molar-refractivity contribution in [2.75, 3.05) is 45.8 Å². The molecule has 1 unspecified atom stereocenters. The molecular weight excluding hydrogens is 222 g/mol. The van der Waals surface area contributed by atoms with Gasteiger partial charge in [-0.2, -0.15) is 0 Å². The molecule has 3 aliphatic rings. The lowest BCUT2D eigenvalue weighted by molar-refractivity contribution is 0.100. The summed E-state index contributed by atoms with van der Waals surface area (Å²) in [6.07, 6.45) is 4.38. The molecule has 3 rings (SSSR count). The zero-order valence-electron chi connectivity index (χ0n) is 12.1. The summed E-state index contributed by atoms with van der Waals surface area (Å²) in [6.45, 7) is 13.7. The van der Waals surface area contributed by atoms with E-state index in [1.807, 2.05) is 0 Å². The molecule has 1 aliphatic carbocycles. The van der Waals surface area contributed by atoms with Gasteiger partial charge in [-0.15, -0.1) is 0 Å². The molecule has 1 spiro atoms. The molecule has 104 valence electrons. The number of nitrogens with zero attached hydrogens (tertiary/aromatic N) is 2. The van der Waals surface area contributed by atoms with Gasteiger partial charge in [0.1, 0.15) is 0 Å². The molecule has 0 radical (unpaired) electrons. The Balaban J connectivity index is 1.43. The van der Waals surface area contributed by atoms with E-state index < -0.39 is 0 Å². The summed E-state index contributed by atoms with van der Waals surface area (Å²) in [6, 6.07) is 0.726. The van der Waals surface area contributed by atoms with Gasteiger partial charge < -0.3 is 10.2 Å². The first-order valence-electron chi connectivity index (χ1n) is 7.87. The Morgan fingerprint density at radius 1 is 1.11 bits per heavy atom. The molecule has 3 heteroatoms. The minimum absolute atomic E-state index is 0.726. The third-order valence-corrected chi connectivity index (χ3v) is 5.57. The highest BCUT2D eigenvalue weighted by molar-refractivity contribution is 5.05. The maximum absolute atomic E-state index is 3.50. The monoisotopic (exact) mass is 251 g/mol. The van der Waals surface area contributed by atoms with Crippen LogP contribution in [-0.4, -0.2) is 61.7 Å². The maximum atomic E-state index is 3.50. The van der Waals surface area contributed by atoms with Crippen LogP contribution < -0.4 is 5.32 Å². The first-order valence-corrected chi connectivity index (χ1v) is 7.87. The summed E-state index contributed by atoms with van der Waals surface area (Å²) in [5, 5.41) is 3.50. The van der Waals surface area contributed by atoms with E-state index >= 15 is 0 Å². The first-order chi connectivity index (χ1) is 8.70. The minimum Gasteiger partial charge on any atom is -0.317 e. The number of hydrogen-bond acceptors (Lipinski definition) is 3. The van der Waals surface area contributed by atoms with E-state index in [1.54, 1.807) is 0 Å². The van der Waals surface area contributed by atoms with Gasteiger partial charge >= 0.3 is 0 Å². The zero-order chi connectivity index (χ0) is 12.6. The van der Waals surface area contributed by atoms with Crippen molar-refractivity contribution >= 4 is 0 Å². The zero-order valence-corrected chi connectivity index (χ0v) is 12.1. The van der Waals surface area contributed by atoms with Crippen LogP contribution in [0.4, 0.5) is 0 Å². The number of hydrogen-bond donors (Lipinski definition) is 1. The number of piperidine rings is 1. The van der Waals surface area contributed by atoms with Gasteiger partial charge in [-0.1, -0.05) is 0 Å². The maximum Gasteiger partial charge on any atom is 0.0113 e. The van der Waals surface area contributed by atoms with Gasteiger partial charge in [0.05, 0.1) is 0 Å². The van der Waals surface area contributed by atoms with E-state index in [4.69, 9.17) is 0 Å². The molecule has 2 aliphatic heterocycles. The second-order valence-corrected chi connectivity index (χ2v) is 6.94. The Kier molecular flexibility index (Phi) is 3.65. The molecule has 0 amide bonds. The normalized spacial score (nSPS) is 33.2. The Morgan fingerprint density at radius 2 is 1.78 bits per heavy atom. The second kappa shape index (κ2) is 5.10. The van der Waals surface area contributed by atoms with E-state index in [9.17, 15) is 0 Å². The number of rotatable bonds is 3. The van der Waals surface area contributed by atoms with Gasteiger partial charge in [0, 0.05) is 38.8 Å². The average Bonchev–Trinajstić information content (AvgIpc) is 3.02. The highest BCUT2D eigenvalue weighted by Crippen LogP contribution is 2.58. The molecule has 1 saturated carbocycles. The molecule has 18 heavy (non-hydrogen) atoms. The van der Waals surface area contributed by atoms with Gasteiger partial charge in [-0.05, 0) is 57.5 Å². The summed E-state index contributed by atoms with van der Waals surface area (Å²) in [4.78, 5) is 5.34. The molecule has 2 saturated heterocycles. The standard InChI is InChI=1S/C15H29N3/c1-13(2)18-9-7-17(8-10-18)12-14-11-15(14)3-5-16-6-4-15/h13-14,16H,3-12H2,1-2H3. The molecule has 0 bridgehead atoms. The van der Waals surface area contributed by atoms with E-state index in [0.717, 1.165) is 17.4 Å². The van der Waals surface area contributed by atoms with Crippen LogP contribution in [0.5, 0.6) is 0 Å². The molecular formula is C15H29N3. The van der Waals surface area contributed by atoms with Crippen LogP contribution in [0.2, 0.25) is 0 Å². The van der Waals surface area contributed by atoms with Crippen molar-refractivity contribution in [2.45, 2.75) is 39.2 Å². The largest absolute Gasteiger partial charge is 0.317 e. The molecule has 0 aromatic heterocycles. The predicted molar refractivity (Wildman–Crippen MR) is 75.8 cm³/mol. The van der Waals surface area contributed by atoms with Crippen molar-refractivity contribution < 1.29 is 0 Å². The Bertz CT molecular complexity index is 275. The Morgan fingerprint density at radius 3 is 2.39 bits per heavy atom. The topological polar surface area (TPSA) is 18.5 Å². The van der Waals surface area contributed by atoms with Crippen LogP contribution in [0.3, 0.4) is 0 Å². The lowest BCUT2D eigenvalue weighted by Crippen LogP contribution is -2.49. The third-order valence-electron chi connectivity index (χ3n) is 5.57. The van der Waals surface area contributed by atoms with Crippen molar-refractivity contribution in [2.24, 2.45) is 11.3 Å². The van der Waals surface area contributed by atoms with Crippen LogP contribution >= 0.6 is 0 Å². The van der Waals surface area contributed by atoms with E-state index in [1.165, 1.54) is 65.1 Å². The average molecular weight is 251 g/mol. The van der Waals surface area contributed by atoms with Gasteiger partial charge in [-0.3, -0.25) is 4.90 Å². The van der Waals surface area contributed by atoms with E-state index in [0.29, 0.717) is 0 Å². The summed E-state index contributed by atoms with van der Waals surface area (Å²) in [7, 11) is 0. The molecule has 0 aromatic carbocycles. The Hall–Kier alpha value is -0.120. The predicted octanol–water partition coefficient (Wildman–Crippen LogP) is 1.40. The van der Waals surface area contributed by atoms with Gasteiger partial charge in [0.25, 0.3) is 0 Å². The molecule has 3 fully saturated rings. The second-order valence-electron chi connectivity index (χ2n) is 6.94. The lowest BCUT2D eigenvalue weighted by Gasteiger charge is -2.37. The number of piperazine rings is 1. The molecule has 1 atom stereocenters. The summed E-state index contributed by atoms with van der Waals surface area (Å²) in [5.74, 6) is 1.02. The van der Waals surface area contributed by atoms with Crippen LogP contribution in [0.15, 0.2) is 0 Å². The molecule has 2 heterocycles. The SMILES string of the molecule is CC(C)N1CCN(CC2CC23CCNCC3)CC1. The molecule has 0 aromatic rings. The first kappa shape index (κ1) is 12.9. The smallest absolute Gasteiger partial charge is 0.0113 e. The third kappa shape index (κ3) is 2.59. The quantitative estimate of drug-likeness (QED) is 0.818. The van der Waals surface area contributed by atoms with Crippen molar-refractivity contribution in [1.82, 2.24) is 15.1 Å². The minimum atomic E-state index is 0.726. The van der Waals surface area contributed by atoms with Crippen LogP contribution in [0.25, 0.3) is 0 Å².